The zero-order valence-corrected chi connectivity index (χ0v) is 14.1. The van der Waals surface area contributed by atoms with Crippen LogP contribution < -0.4 is 0 Å². The minimum absolute atomic E-state index is 0.0168. The van der Waals surface area contributed by atoms with Crippen molar-refractivity contribution in [3.8, 4) is 0 Å². The first-order valence-corrected chi connectivity index (χ1v) is 8.27. The number of nitro benzene ring substituents is 1. The summed E-state index contributed by atoms with van der Waals surface area (Å²) in [5.74, 6) is 0.203. The molecule has 0 saturated carbocycles. The highest BCUT2D eigenvalue weighted by molar-refractivity contribution is 5.88. The van der Waals surface area contributed by atoms with Crippen molar-refractivity contribution in [2.24, 2.45) is 0 Å². The average Bonchev–Trinajstić information content (AvgIpc) is 2.86. The van der Waals surface area contributed by atoms with Crippen molar-refractivity contribution >= 4 is 16.6 Å². The number of nitrogens with one attached hydrogen (secondary N) is 1. The number of fused-ring (bicyclic) bond motifs is 4. The Morgan fingerprint density at radius 1 is 1.21 bits per heavy atom. The van der Waals surface area contributed by atoms with Crippen LogP contribution >= 0.6 is 0 Å². The largest absolute Gasteiger partial charge is 0.358 e. The molecule has 122 valence electrons. The van der Waals surface area contributed by atoms with Crippen molar-refractivity contribution in [1.82, 2.24) is 4.98 Å². The first kappa shape index (κ1) is 14.9. The highest BCUT2D eigenvalue weighted by Crippen LogP contribution is 2.44. The second kappa shape index (κ2) is 4.94. The van der Waals surface area contributed by atoms with Crippen molar-refractivity contribution in [2.75, 3.05) is 0 Å². The summed E-state index contributed by atoms with van der Waals surface area (Å²) in [6.07, 6.45) is 0.895. The van der Waals surface area contributed by atoms with E-state index < -0.39 is 0 Å². The van der Waals surface area contributed by atoms with E-state index in [4.69, 9.17) is 0 Å². The summed E-state index contributed by atoms with van der Waals surface area (Å²) in [6, 6.07) is 13.7. The zero-order valence-electron chi connectivity index (χ0n) is 14.1. The smallest absolute Gasteiger partial charge is 0.270 e. The summed E-state index contributed by atoms with van der Waals surface area (Å²) in [5, 5.41) is 12.2. The Labute approximate surface area is 140 Å². The number of hydrogen-bond acceptors (Lipinski definition) is 2. The van der Waals surface area contributed by atoms with Crippen LogP contribution in [0.4, 0.5) is 5.69 Å². The maximum absolute atomic E-state index is 11.2. The summed E-state index contributed by atoms with van der Waals surface area (Å²) < 4.78 is 0. The Bertz CT molecular complexity index is 969. The van der Waals surface area contributed by atoms with E-state index in [1.165, 1.54) is 22.4 Å². The molecular formula is C20H20N2O2. The molecule has 0 fully saturated rings. The van der Waals surface area contributed by atoms with Crippen LogP contribution in [0, 0.1) is 10.1 Å². The molecule has 1 aliphatic rings. The molecule has 1 heterocycles. The molecule has 4 heteroatoms. The molecule has 24 heavy (non-hydrogen) atoms. The third-order valence-corrected chi connectivity index (χ3v) is 5.32. The lowest BCUT2D eigenvalue weighted by molar-refractivity contribution is -0.384. The van der Waals surface area contributed by atoms with Gasteiger partial charge >= 0.3 is 0 Å². The van der Waals surface area contributed by atoms with Gasteiger partial charge in [0, 0.05) is 34.6 Å². The molecule has 0 bridgehead atoms. The fourth-order valence-corrected chi connectivity index (χ4v) is 4.19. The van der Waals surface area contributed by atoms with Gasteiger partial charge in [0.15, 0.2) is 0 Å². The summed E-state index contributed by atoms with van der Waals surface area (Å²) in [5.41, 5.74) is 6.21. The molecule has 1 atom stereocenters. The Balaban J connectivity index is 2.03. The summed E-state index contributed by atoms with van der Waals surface area (Å²) in [6.45, 7) is 6.73. The molecule has 3 aromatic rings. The standard InChI is InChI=1S/C20H20N2O2/c1-12-14-6-4-5-7-16(14)20(2,3)11-18-19(12)15-10-13(22(23)24)8-9-17(15)21-18/h4-10,12,21H,11H2,1-3H3. The molecule has 4 nitrogen and oxygen atoms in total. The quantitative estimate of drug-likeness (QED) is 0.503. The van der Waals surface area contributed by atoms with Crippen LogP contribution in [0.1, 0.15) is 49.1 Å². The van der Waals surface area contributed by atoms with Gasteiger partial charge in [0.2, 0.25) is 0 Å². The van der Waals surface area contributed by atoms with Crippen LogP contribution in [-0.2, 0) is 11.8 Å². The van der Waals surface area contributed by atoms with Gasteiger partial charge in [-0.1, -0.05) is 45.0 Å². The Hall–Kier alpha value is -2.62. The maximum Gasteiger partial charge on any atom is 0.270 e. The van der Waals surface area contributed by atoms with Crippen LogP contribution in [0.25, 0.3) is 10.9 Å². The number of benzene rings is 2. The number of hydrogen-bond donors (Lipinski definition) is 1. The molecule has 0 radical (unpaired) electrons. The van der Waals surface area contributed by atoms with Gasteiger partial charge < -0.3 is 4.98 Å². The number of non-ortho nitro benzene ring substituents is 1. The summed E-state index contributed by atoms with van der Waals surface area (Å²) in [7, 11) is 0. The molecule has 0 saturated heterocycles. The number of nitrogens with zero attached hydrogens (tertiary/aromatic N) is 1. The highest BCUT2D eigenvalue weighted by Gasteiger charge is 2.33. The molecule has 4 rings (SSSR count). The molecule has 0 spiro atoms. The van der Waals surface area contributed by atoms with E-state index in [2.05, 4.69) is 50.0 Å². The second-order valence-electron chi connectivity index (χ2n) is 7.37. The van der Waals surface area contributed by atoms with Gasteiger partial charge in [-0.05, 0) is 34.6 Å². The predicted molar refractivity (Wildman–Crippen MR) is 95.6 cm³/mol. The number of H-pyrrole nitrogens is 1. The minimum atomic E-state index is -0.321. The SMILES string of the molecule is CC1c2ccccc2C(C)(C)Cc2[nH]c3ccc([N+](=O)[O-])cc3c21. The van der Waals surface area contributed by atoms with Gasteiger partial charge in [-0.3, -0.25) is 10.1 Å². The van der Waals surface area contributed by atoms with Gasteiger partial charge in [-0.2, -0.15) is 0 Å². The lowest BCUT2D eigenvalue weighted by Gasteiger charge is -2.26. The van der Waals surface area contributed by atoms with Gasteiger partial charge in [0.05, 0.1) is 4.92 Å². The van der Waals surface area contributed by atoms with E-state index in [0.717, 1.165) is 17.3 Å². The Kier molecular flexibility index (Phi) is 3.07. The van der Waals surface area contributed by atoms with Gasteiger partial charge in [0.1, 0.15) is 0 Å². The van der Waals surface area contributed by atoms with Crippen molar-refractivity contribution in [3.63, 3.8) is 0 Å². The first-order chi connectivity index (χ1) is 11.4. The number of nitro groups is 1. The van der Waals surface area contributed by atoms with E-state index >= 15 is 0 Å². The topological polar surface area (TPSA) is 58.9 Å². The average molecular weight is 320 g/mol. The van der Waals surface area contributed by atoms with Crippen LogP contribution in [0.5, 0.6) is 0 Å². The zero-order chi connectivity index (χ0) is 17.1. The molecule has 0 aliphatic heterocycles. The lowest BCUT2D eigenvalue weighted by atomic mass is 9.78. The van der Waals surface area contributed by atoms with Crippen LogP contribution in [0.15, 0.2) is 42.5 Å². The molecule has 0 amide bonds. The van der Waals surface area contributed by atoms with Crippen molar-refractivity contribution in [2.45, 2.75) is 38.5 Å². The van der Waals surface area contributed by atoms with Crippen LogP contribution in [0.3, 0.4) is 0 Å². The predicted octanol–water partition coefficient (Wildman–Crippen LogP) is 5.06. The lowest BCUT2D eigenvalue weighted by Crippen LogP contribution is -2.21. The number of aromatic nitrogens is 1. The minimum Gasteiger partial charge on any atom is -0.358 e. The monoisotopic (exact) mass is 320 g/mol. The van der Waals surface area contributed by atoms with Crippen LogP contribution in [0.2, 0.25) is 0 Å². The van der Waals surface area contributed by atoms with E-state index in [1.807, 2.05) is 6.07 Å². The van der Waals surface area contributed by atoms with E-state index in [1.54, 1.807) is 12.1 Å². The second-order valence-corrected chi connectivity index (χ2v) is 7.37. The van der Waals surface area contributed by atoms with Gasteiger partial charge in [0.25, 0.3) is 5.69 Å². The molecule has 1 N–H and O–H groups in total. The number of aromatic amines is 1. The van der Waals surface area contributed by atoms with Crippen LogP contribution in [-0.4, -0.2) is 9.91 Å². The molecular weight excluding hydrogens is 300 g/mol. The third kappa shape index (κ3) is 2.06. The first-order valence-electron chi connectivity index (χ1n) is 8.27. The summed E-state index contributed by atoms with van der Waals surface area (Å²) in [4.78, 5) is 14.4. The van der Waals surface area contributed by atoms with E-state index in [-0.39, 0.29) is 21.9 Å². The molecule has 1 unspecified atom stereocenters. The Morgan fingerprint density at radius 3 is 2.71 bits per heavy atom. The molecule has 2 aromatic carbocycles. The van der Waals surface area contributed by atoms with Gasteiger partial charge in [-0.25, -0.2) is 0 Å². The Morgan fingerprint density at radius 2 is 1.96 bits per heavy atom. The van der Waals surface area contributed by atoms with E-state index in [0.29, 0.717) is 0 Å². The molecule has 1 aromatic heterocycles. The highest BCUT2D eigenvalue weighted by atomic mass is 16.6. The fourth-order valence-electron chi connectivity index (χ4n) is 4.19. The summed E-state index contributed by atoms with van der Waals surface area (Å²) >= 11 is 0. The maximum atomic E-state index is 11.2. The number of rotatable bonds is 1. The van der Waals surface area contributed by atoms with Crippen molar-refractivity contribution in [3.05, 3.63) is 75.0 Å². The van der Waals surface area contributed by atoms with Crippen molar-refractivity contribution < 1.29 is 4.92 Å². The molecule has 1 aliphatic carbocycles. The third-order valence-electron chi connectivity index (χ3n) is 5.32. The van der Waals surface area contributed by atoms with Crippen molar-refractivity contribution in [1.29, 1.82) is 0 Å². The normalized spacial score (nSPS) is 18.7. The van der Waals surface area contributed by atoms with E-state index in [9.17, 15) is 10.1 Å². The fraction of sp³-hybridized carbons (Fsp3) is 0.300. The van der Waals surface area contributed by atoms with Gasteiger partial charge in [-0.15, -0.1) is 0 Å².